The maximum absolute atomic E-state index is 11.6. The molecule has 92 valence electrons. The molecule has 0 bridgehead atoms. The molecule has 0 aromatic carbocycles. The van der Waals surface area contributed by atoms with Crippen LogP contribution in [0.3, 0.4) is 0 Å². The van der Waals surface area contributed by atoms with E-state index in [-0.39, 0.29) is 6.61 Å². The maximum atomic E-state index is 11.6. The Morgan fingerprint density at radius 2 is 2.35 bits per heavy atom. The van der Waals surface area contributed by atoms with Crippen molar-refractivity contribution in [1.82, 2.24) is 9.55 Å². The molecule has 17 heavy (non-hydrogen) atoms. The Hall–Kier alpha value is -1.66. The number of aliphatic hydroxyl groups is 1. The van der Waals surface area contributed by atoms with Crippen LogP contribution in [0.15, 0.2) is 27.9 Å². The van der Waals surface area contributed by atoms with E-state index in [1.54, 1.807) is 6.92 Å². The van der Waals surface area contributed by atoms with E-state index in [1.807, 2.05) is 0 Å². The lowest BCUT2D eigenvalue weighted by molar-refractivity contribution is -0.0189. The van der Waals surface area contributed by atoms with E-state index >= 15 is 0 Å². The first-order valence-corrected chi connectivity index (χ1v) is 5.29. The number of hydrogen-bond donors (Lipinski definition) is 2. The summed E-state index contributed by atoms with van der Waals surface area (Å²) < 4.78 is 6.79. The first-order chi connectivity index (χ1) is 8.02. The largest absolute Gasteiger partial charge is 0.393 e. The minimum absolute atomic E-state index is 0.160. The molecule has 0 aliphatic carbocycles. The maximum Gasteiger partial charge on any atom is 0.330 e. The zero-order chi connectivity index (χ0) is 12.6. The molecule has 0 spiro atoms. The number of ether oxygens (including phenoxy) is 1. The first kappa shape index (κ1) is 11.8. The lowest BCUT2D eigenvalue weighted by Crippen LogP contribution is -2.33. The van der Waals surface area contributed by atoms with Gasteiger partial charge in [-0.25, -0.2) is 4.79 Å². The molecular formula is C11H14N2O4. The topological polar surface area (TPSA) is 84.3 Å². The van der Waals surface area contributed by atoms with E-state index in [0.717, 1.165) is 5.57 Å². The van der Waals surface area contributed by atoms with Gasteiger partial charge in [0, 0.05) is 18.2 Å². The molecule has 1 fully saturated rings. The molecule has 2 rings (SSSR count). The third kappa shape index (κ3) is 2.09. The smallest absolute Gasteiger partial charge is 0.330 e. The molecule has 6 heteroatoms. The number of aryl methyl sites for hydroxylation is 1. The van der Waals surface area contributed by atoms with Gasteiger partial charge in [-0.15, -0.1) is 0 Å². The molecule has 1 aliphatic heterocycles. The summed E-state index contributed by atoms with van der Waals surface area (Å²) in [6.45, 7) is 5.23. The van der Waals surface area contributed by atoms with Crippen LogP contribution in [0.1, 0.15) is 18.2 Å². The van der Waals surface area contributed by atoms with E-state index in [9.17, 15) is 9.59 Å². The Morgan fingerprint density at radius 3 is 2.94 bits per heavy atom. The quantitative estimate of drug-likeness (QED) is 0.692. The number of aromatic nitrogens is 2. The van der Waals surface area contributed by atoms with Gasteiger partial charge < -0.3 is 9.84 Å². The van der Waals surface area contributed by atoms with E-state index in [0.29, 0.717) is 12.0 Å². The van der Waals surface area contributed by atoms with Crippen LogP contribution in [-0.2, 0) is 4.74 Å². The Labute approximate surface area is 97.2 Å². The van der Waals surface area contributed by atoms with Gasteiger partial charge in [-0.2, -0.15) is 0 Å². The summed E-state index contributed by atoms with van der Waals surface area (Å²) in [6, 6.07) is 0. The van der Waals surface area contributed by atoms with Gasteiger partial charge in [0.1, 0.15) is 12.3 Å². The van der Waals surface area contributed by atoms with Gasteiger partial charge in [0.2, 0.25) is 0 Å². The Morgan fingerprint density at radius 1 is 1.65 bits per heavy atom. The lowest BCUT2D eigenvalue weighted by Gasteiger charge is -2.14. The average molecular weight is 238 g/mol. The number of nitrogens with one attached hydrogen (secondary N) is 1. The second-order valence-corrected chi connectivity index (χ2v) is 4.10. The average Bonchev–Trinajstić information content (AvgIpc) is 2.65. The normalized spacial score (nSPS) is 24.2. The fourth-order valence-electron chi connectivity index (χ4n) is 1.83. The highest BCUT2D eigenvalue weighted by molar-refractivity contribution is 5.10. The second-order valence-electron chi connectivity index (χ2n) is 4.10. The van der Waals surface area contributed by atoms with Crippen LogP contribution in [0.2, 0.25) is 0 Å². The van der Waals surface area contributed by atoms with Gasteiger partial charge in [0.25, 0.3) is 5.56 Å². The number of nitrogens with zero attached hydrogens (tertiary/aromatic N) is 1. The summed E-state index contributed by atoms with van der Waals surface area (Å²) in [5, 5.41) is 9.04. The Bertz CT molecular complexity index is 557. The van der Waals surface area contributed by atoms with Crippen molar-refractivity contribution in [2.45, 2.75) is 25.7 Å². The van der Waals surface area contributed by atoms with Crippen LogP contribution in [0.4, 0.5) is 0 Å². The van der Waals surface area contributed by atoms with Crippen molar-refractivity contribution in [3.8, 4) is 0 Å². The number of rotatable bonds is 2. The minimum Gasteiger partial charge on any atom is -0.393 e. The van der Waals surface area contributed by atoms with E-state index in [2.05, 4.69) is 11.6 Å². The van der Waals surface area contributed by atoms with Crippen LogP contribution in [0.5, 0.6) is 0 Å². The SMILES string of the molecule is C=C1CC(n2cc(C)c(=O)[nH]c2=O)OC1CO. The van der Waals surface area contributed by atoms with Crippen LogP contribution in [0, 0.1) is 6.92 Å². The van der Waals surface area contributed by atoms with Gasteiger partial charge in [-0.05, 0) is 12.5 Å². The zero-order valence-corrected chi connectivity index (χ0v) is 9.47. The van der Waals surface area contributed by atoms with Gasteiger partial charge >= 0.3 is 5.69 Å². The van der Waals surface area contributed by atoms with Crippen molar-refractivity contribution < 1.29 is 9.84 Å². The molecule has 1 aromatic rings. The first-order valence-electron chi connectivity index (χ1n) is 5.29. The van der Waals surface area contributed by atoms with E-state index in [1.165, 1.54) is 10.8 Å². The van der Waals surface area contributed by atoms with Crippen LogP contribution < -0.4 is 11.2 Å². The number of hydrogen-bond acceptors (Lipinski definition) is 4. The molecule has 1 aromatic heterocycles. The molecule has 2 atom stereocenters. The molecule has 2 heterocycles. The van der Waals surface area contributed by atoms with Crippen molar-refractivity contribution in [3.05, 3.63) is 44.8 Å². The van der Waals surface area contributed by atoms with Crippen molar-refractivity contribution in [3.63, 3.8) is 0 Å². The monoisotopic (exact) mass is 238 g/mol. The van der Waals surface area contributed by atoms with E-state index in [4.69, 9.17) is 9.84 Å². The predicted molar refractivity (Wildman–Crippen MR) is 60.8 cm³/mol. The molecule has 2 N–H and O–H groups in total. The fourth-order valence-corrected chi connectivity index (χ4v) is 1.83. The van der Waals surface area contributed by atoms with Crippen molar-refractivity contribution in [1.29, 1.82) is 0 Å². The molecule has 1 aliphatic rings. The predicted octanol–water partition coefficient (Wildman–Crippen LogP) is -0.319. The highest BCUT2D eigenvalue weighted by Crippen LogP contribution is 2.30. The molecule has 6 nitrogen and oxygen atoms in total. The molecule has 0 amide bonds. The van der Waals surface area contributed by atoms with Gasteiger partial charge in [-0.1, -0.05) is 6.58 Å². The lowest BCUT2D eigenvalue weighted by atomic mass is 10.1. The molecule has 2 unspecified atom stereocenters. The van der Waals surface area contributed by atoms with Crippen LogP contribution >= 0.6 is 0 Å². The van der Waals surface area contributed by atoms with Crippen LogP contribution in [0.25, 0.3) is 0 Å². The second kappa shape index (κ2) is 4.31. The highest BCUT2D eigenvalue weighted by Gasteiger charge is 2.30. The number of aliphatic hydroxyl groups excluding tert-OH is 1. The summed E-state index contributed by atoms with van der Waals surface area (Å²) in [4.78, 5) is 25.1. The fraction of sp³-hybridized carbons (Fsp3) is 0.455. The number of H-pyrrole nitrogens is 1. The summed E-state index contributed by atoms with van der Waals surface area (Å²) in [5.74, 6) is 0. The van der Waals surface area contributed by atoms with Crippen molar-refractivity contribution >= 4 is 0 Å². The molecule has 1 saturated heterocycles. The van der Waals surface area contributed by atoms with E-state index < -0.39 is 23.6 Å². The Balaban J connectivity index is 2.37. The molecular weight excluding hydrogens is 224 g/mol. The third-order valence-electron chi connectivity index (χ3n) is 2.84. The van der Waals surface area contributed by atoms with Crippen molar-refractivity contribution in [2.24, 2.45) is 0 Å². The van der Waals surface area contributed by atoms with Crippen molar-refractivity contribution in [2.75, 3.05) is 6.61 Å². The summed E-state index contributed by atoms with van der Waals surface area (Å²) in [5.41, 5.74) is 0.262. The van der Waals surface area contributed by atoms with Gasteiger partial charge in [0.15, 0.2) is 0 Å². The summed E-state index contributed by atoms with van der Waals surface area (Å²) in [7, 11) is 0. The minimum atomic E-state index is -0.517. The highest BCUT2D eigenvalue weighted by atomic mass is 16.5. The van der Waals surface area contributed by atoms with Crippen LogP contribution in [-0.4, -0.2) is 27.4 Å². The van der Waals surface area contributed by atoms with Gasteiger partial charge in [-0.3, -0.25) is 14.3 Å². The molecule has 0 radical (unpaired) electrons. The standard InChI is InChI=1S/C11H14N2O4/c1-6-3-9(17-8(6)5-14)13-4-7(2)10(15)12-11(13)16/h4,8-9,14H,1,3,5H2,2H3,(H,12,15,16). The summed E-state index contributed by atoms with van der Waals surface area (Å²) >= 11 is 0. The van der Waals surface area contributed by atoms with Gasteiger partial charge in [0.05, 0.1) is 6.61 Å². The third-order valence-corrected chi connectivity index (χ3v) is 2.84. The Kier molecular flexibility index (Phi) is 2.99. The summed E-state index contributed by atoms with van der Waals surface area (Å²) in [6.07, 6.45) is 0.956. The number of aromatic amines is 1. The molecule has 0 saturated carbocycles. The zero-order valence-electron chi connectivity index (χ0n) is 9.47.